The predicted octanol–water partition coefficient (Wildman–Crippen LogP) is 4.41. The number of aliphatic hydroxyl groups is 1. The topological polar surface area (TPSA) is 79.3 Å². The highest BCUT2D eigenvalue weighted by Crippen LogP contribution is 2.26. The molecule has 0 radical (unpaired) electrons. The van der Waals surface area contributed by atoms with E-state index in [1.165, 1.54) is 12.1 Å². The summed E-state index contributed by atoms with van der Waals surface area (Å²) in [5.74, 6) is -2.39. The molecule has 7 nitrogen and oxygen atoms in total. The molecule has 2 aliphatic heterocycles. The van der Waals surface area contributed by atoms with Gasteiger partial charge in [-0.1, -0.05) is 26.0 Å². The number of cyclic esters (lactones) is 1. The Hall–Kier alpha value is -2.78. The summed E-state index contributed by atoms with van der Waals surface area (Å²) in [5.41, 5.74) is 0.891. The molecule has 9 heteroatoms. The molecule has 1 fully saturated rings. The number of piperazine rings is 1. The molecular weight excluding hydrogens is 482 g/mol. The van der Waals surface area contributed by atoms with Crippen LogP contribution in [0, 0.1) is 23.5 Å². The third kappa shape index (κ3) is 8.64. The highest BCUT2D eigenvalue weighted by molar-refractivity contribution is 5.71. The molecule has 1 aromatic carbocycles. The van der Waals surface area contributed by atoms with Crippen molar-refractivity contribution in [2.75, 3.05) is 33.2 Å². The van der Waals surface area contributed by atoms with Crippen LogP contribution in [0.2, 0.25) is 0 Å². The van der Waals surface area contributed by atoms with Gasteiger partial charge in [-0.2, -0.15) is 0 Å². The summed E-state index contributed by atoms with van der Waals surface area (Å²) in [5, 5.41) is 10.4. The van der Waals surface area contributed by atoms with Gasteiger partial charge in [0.25, 0.3) is 0 Å². The Labute approximate surface area is 217 Å². The number of carbonyl (C=O) groups excluding carboxylic acids is 2. The minimum Gasteiger partial charge on any atom is -0.457 e. The van der Waals surface area contributed by atoms with Crippen LogP contribution in [0.1, 0.15) is 45.6 Å². The molecule has 2 aliphatic rings. The molecule has 0 aliphatic carbocycles. The number of benzene rings is 1. The second-order valence-corrected chi connectivity index (χ2v) is 10.3. The van der Waals surface area contributed by atoms with Crippen molar-refractivity contribution in [2.45, 2.75) is 58.3 Å². The van der Waals surface area contributed by atoms with Crippen LogP contribution in [0.5, 0.6) is 0 Å². The smallest absolute Gasteiger partial charge is 0.410 e. The van der Waals surface area contributed by atoms with E-state index in [9.17, 15) is 23.5 Å². The maximum atomic E-state index is 13.7. The predicted molar refractivity (Wildman–Crippen MR) is 137 cm³/mol. The normalized spacial score (nSPS) is 29.6. The monoisotopic (exact) mass is 520 g/mol. The summed E-state index contributed by atoms with van der Waals surface area (Å²) < 4.78 is 39.0. The van der Waals surface area contributed by atoms with Gasteiger partial charge in [0.2, 0.25) is 0 Å². The first-order chi connectivity index (χ1) is 17.5. The zero-order valence-electron chi connectivity index (χ0n) is 22.0. The molecule has 0 spiro atoms. The SMILES string of the molecule is C/C(=C\c1cc(F)cc(F)c1)[C@H]1OC(=O)C[C@H](O)CC[C@H](C)[C@H](OC(=O)N2CCN(C)CC2)/C=C/[C@@H]1C. The van der Waals surface area contributed by atoms with E-state index in [1.807, 2.05) is 33.0 Å². The fourth-order valence-corrected chi connectivity index (χ4v) is 4.63. The van der Waals surface area contributed by atoms with Gasteiger partial charge in [-0.3, -0.25) is 4.79 Å². The van der Waals surface area contributed by atoms with E-state index in [2.05, 4.69) is 4.90 Å². The number of esters is 1. The van der Waals surface area contributed by atoms with E-state index in [1.54, 1.807) is 17.9 Å². The zero-order chi connectivity index (χ0) is 27.1. The molecule has 0 unspecified atom stereocenters. The molecule has 37 heavy (non-hydrogen) atoms. The highest BCUT2D eigenvalue weighted by Gasteiger charge is 2.29. The van der Waals surface area contributed by atoms with Crippen molar-refractivity contribution in [3.63, 3.8) is 0 Å². The van der Waals surface area contributed by atoms with E-state index < -0.39 is 35.9 Å². The summed E-state index contributed by atoms with van der Waals surface area (Å²) in [6, 6.07) is 3.19. The lowest BCUT2D eigenvalue weighted by Crippen LogP contribution is -2.48. The van der Waals surface area contributed by atoms with Gasteiger partial charge >= 0.3 is 12.1 Å². The molecule has 5 atom stereocenters. The van der Waals surface area contributed by atoms with Crippen LogP contribution in [-0.4, -0.2) is 78.5 Å². The number of amides is 1. The van der Waals surface area contributed by atoms with Crippen molar-refractivity contribution in [1.29, 1.82) is 0 Å². The molecule has 0 bridgehead atoms. The fraction of sp³-hybridized carbons (Fsp3) is 0.571. The van der Waals surface area contributed by atoms with Crippen LogP contribution < -0.4 is 0 Å². The van der Waals surface area contributed by atoms with Gasteiger partial charge in [-0.25, -0.2) is 13.6 Å². The average Bonchev–Trinajstić information content (AvgIpc) is 2.82. The number of halogens is 2. The van der Waals surface area contributed by atoms with Crippen molar-refractivity contribution in [1.82, 2.24) is 9.80 Å². The Morgan fingerprint density at radius 3 is 2.38 bits per heavy atom. The van der Waals surface area contributed by atoms with Gasteiger partial charge in [0.15, 0.2) is 0 Å². The average molecular weight is 521 g/mol. The number of aliphatic hydroxyl groups excluding tert-OH is 1. The maximum absolute atomic E-state index is 13.7. The molecule has 204 valence electrons. The highest BCUT2D eigenvalue weighted by atomic mass is 19.1. The number of hydrogen-bond acceptors (Lipinski definition) is 6. The molecule has 2 heterocycles. The van der Waals surface area contributed by atoms with Gasteiger partial charge in [0, 0.05) is 38.2 Å². The quantitative estimate of drug-likeness (QED) is 0.470. The summed E-state index contributed by atoms with van der Waals surface area (Å²) in [7, 11) is 2.01. The number of hydrogen-bond donors (Lipinski definition) is 1. The number of likely N-dealkylation sites (N-methyl/N-ethyl adjacent to an activating group) is 1. The van der Waals surface area contributed by atoms with Crippen LogP contribution in [0.4, 0.5) is 13.6 Å². The second-order valence-electron chi connectivity index (χ2n) is 10.3. The van der Waals surface area contributed by atoms with E-state index in [0.29, 0.717) is 37.1 Å². The first-order valence-electron chi connectivity index (χ1n) is 12.9. The van der Waals surface area contributed by atoms with Crippen LogP contribution in [0.25, 0.3) is 6.08 Å². The van der Waals surface area contributed by atoms with E-state index in [4.69, 9.17) is 9.47 Å². The Bertz CT molecular complexity index is 986. The minimum atomic E-state index is -0.898. The lowest BCUT2D eigenvalue weighted by atomic mass is 9.91. The van der Waals surface area contributed by atoms with Crippen LogP contribution in [-0.2, 0) is 14.3 Å². The molecule has 0 saturated carbocycles. The van der Waals surface area contributed by atoms with E-state index >= 15 is 0 Å². The molecule has 1 amide bonds. The molecule has 3 rings (SSSR count). The van der Waals surface area contributed by atoms with Crippen molar-refractivity contribution in [3.8, 4) is 0 Å². The summed E-state index contributed by atoms with van der Waals surface area (Å²) in [6.45, 7) is 8.28. The van der Waals surface area contributed by atoms with Crippen molar-refractivity contribution >= 4 is 18.1 Å². The van der Waals surface area contributed by atoms with E-state index in [-0.39, 0.29) is 24.3 Å². The first kappa shape index (κ1) is 28.8. The molecule has 1 aromatic rings. The largest absolute Gasteiger partial charge is 0.457 e. The summed E-state index contributed by atoms with van der Waals surface area (Å²) in [6.07, 6.45) is 3.42. The first-order valence-corrected chi connectivity index (χ1v) is 12.9. The Morgan fingerprint density at radius 1 is 1.08 bits per heavy atom. The Kier molecular flexibility index (Phi) is 10.2. The zero-order valence-corrected chi connectivity index (χ0v) is 22.0. The maximum Gasteiger partial charge on any atom is 0.410 e. The fourth-order valence-electron chi connectivity index (χ4n) is 4.63. The van der Waals surface area contributed by atoms with Crippen molar-refractivity contribution in [2.24, 2.45) is 11.8 Å². The Morgan fingerprint density at radius 2 is 1.73 bits per heavy atom. The number of rotatable bonds is 3. The molecular formula is C28H38F2N2O5. The number of carbonyl (C=O) groups is 2. The second kappa shape index (κ2) is 13.1. The van der Waals surface area contributed by atoms with Gasteiger partial charge in [-0.15, -0.1) is 0 Å². The Balaban J connectivity index is 1.84. The number of ether oxygens (including phenoxy) is 2. The van der Waals surface area contributed by atoms with Crippen LogP contribution in [0.3, 0.4) is 0 Å². The van der Waals surface area contributed by atoms with Crippen LogP contribution in [0.15, 0.2) is 35.9 Å². The van der Waals surface area contributed by atoms with Crippen molar-refractivity contribution in [3.05, 3.63) is 53.1 Å². The number of nitrogens with zero attached hydrogens (tertiary/aromatic N) is 2. The summed E-state index contributed by atoms with van der Waals surface area (Å²) >= 11 is 0. The summed E-state index contributed by atoms with van der Waals surface area (Å²) in [4.78, 5) is 29.3. The third-order valence-corrected chi connectivity index (χ3v) is 6.99. The molecule has 1 saturated heterocycles. The lowest BCUT2D eigenvalue weighted by Gasteiger charge is -2.33. The minimum absolute atomic E-state index is 0.0877. The standard InChI is InChI=1S/C28H38F2N2O5/c1-18-5-7-24(33)17-26(34)37-27(20(3)13-21-14-22(29)16-23(30)15-21)19(2)6-8-25(18)36-28(35)32-11-9-31(4)10-12-32/h6,8,13-16,18-19,24-25,27,33H,5,7,9-12,17H2,1-4H3/b8-6+,20-13+/t18-,19-,24+,25+,27-/m0/s1. The van der Waals surface area contributed by atoms with Gasteiger partial charge in [0.05, 0.1) is 12.5 Å². The molecule has 1 N–H and O–H groups in total. The molecule has 0 aromatic heterocycles. The lowest BCUT2D eigenvalue weighted by molar-refractivity contribution is -0.151. The van der Waals surface area contributed by atoms with Crippen molar-refractivity contribution < 1.29 is 33.0 Å². The third-order valence-electron chi connectivity index (χ3n) is 6.99. The van der Waals surface area contributed by atoms with Gasteiger partial charge in [-0.05, 0) is 62.1 Å². The van der Waals surface area contributed by atoms with Gasteiger partial charge < -0.3 is 24.4 Å². The van der Waals surface area contributed by atoms with E-state index in [0.717, 1.165) is 19.2 Å². The van der Waals surface area contributed by atoms with Gasteiger partial charge in [0.1, 0.15) is 23.8 Å². The van der Waals surface area contributed by atoms with Crippen LogP contribution >= 0.6 is 0 Å².